The third-order valence-electron chi connectivity index (χ3n) is 3.52. The Kier molecular flexibility index (Phi) is 4.76. The molecule has 1 aliphatic heterocycles. The van der Waals surface area contributed by atoms with Gasteiger partial charge in [-0.1, -0.05) is 6.92 Å². The molecule has 1 aliphatic rings. The van der Waals surface area contributed by atoms with Crippen molar-refractivity contribution in [1.82, 2.24) is 14.9 Å². The number of aryl methyl sites for hydroxylation is 1. The molecule has 6 nitrogen and oxygen atoms in total. The third kappa shape index (κ3) is 3.59. The van der Waals surface area contributed by atoms with E-state index < -0.39 is 0 Å². The van der Waals surface area contributed by atoms with Gasteiger partial charge in [0, 0.05) is 45.6 Å². The molecule has 0 atom stereocenters. The van der Waals surface area contributed by atoms with Crippen LogP contribution in [0.2, 0.25) is 0 Å². The highest BCUT2D eigenvalue weighted by molar-refractivity contribution is 5.73. The first kappa shape index (κ1) is 14.6. The van der Waals surface area contributed by atoms with Gasteiger partial charge in [0.25, 0.3) is 0 Å². The Bertz CT molecular complexity index is 477. The Morgan fingerprint density at radius 2 is 2.10 bits per heavy atom. The van der Waals surface area contributed by atoms with E-state index in [4.69, 9.17) is 5.73 Å². The maximum Gasteiger partial charge on any atom is 0.219 e. The van der Waals surface area contributed by atoms with E-state index in [1.807, 2.05) is 11.0 Å². The average molecular weight is 277 g/mol. The molecule has 0 radical (unpaired) electrons. The lowest BCUT2D eigenvalue weighted by Gasteiger charge is -2.22. The van der Waals surface area contributed by atoms with Crippen LogP contribution in [0.5, 0.6) is 0 Å². The first-order valence-electron chi connectivity index (χ1n) is 7.24. The van der Waals surface area contributed by atoms with Gasteiger partial charge in [0.15, 0.2) is 0 Å². The van der Waals surface area contributed by atoms with Crippen LogP contribution in [0.15, 0.2) is 6.07 Å². The minimum Gasteiger partial charge on any atom is -0.384 e. The molecule has 110 valence electrons. The summed E-state index contributed by atoms with van der Waals surface area (Å²) in [6, 6.07) is 1.82. The molecule has 1 fully saturated rings. The molecule has 0 spiro atoms. The van der Waals surface area contributed by atoms with Crippen molar-refractivity contribution < 1.29 is 4.79 Å². The Labute approximate surface area is 120 Å². The first-order valence-corrected chi connectivity index (χ1v) is 7.24. The topological polar surface area (TPSA) is 75.3 Å². The molecule has 2 heterocycles. The zero-order valence-electron chi connectivity index (χ0n) is 12.3. The first-order chi connectivity index (χ1) is 9.60. The number of amides is 1. The molecule has 1 aromatic heterocycles. The second kappa shape index (κ2) is 6.54. The van der Waals surface area contributed by atoms with Crippen molar-refractivity contribution in [3.63, 3.8) is 0 Å². The molecular formula is C14H23N5O. The Morgan fingerprint density at radius 1 is 1.30 bits per heavy atom. The van der Waals surface area contributed by atoms with E-state index in [2.05, 4.69) is 21.8 Å². The summed E-state index contributed by atoms with van der Waals surface area (Å²) < 4.78 is 0. The van der Waals surface area contributed by atoms with Gasteiger partial charge in [0.1, 0.15) is 17.5 Å². The highest BCUT2D eigenvalue weighted by Crippen LogP contribution is 2.17. The van der Waals surface area contributed by atoms with Gasteiger partial charge in [-0.05, 0) is 12.8 Å². The monoisotopic (exact) mass is 277 g/mol. The van der Waals surface area contributed by atoms with Gasteiger partial charge in [-0.3, -0.25) is 4.79 Å². The van der Waals surface area contributed by atoms with Crippen LogP contribution in [0.3, 0.4) is 0 Å². The van der Waals surface area contributed by atoms with E-state index >= 15 is 0 Å². The summed E-state index contributed by atoms with van der Waals surface area (Å²) in [5, 5.41) is 0. The second-order valence-electron chi connectivity index (χ2n) is 5.16. The number of carbonyl (C=O) groups excluding carboxylic acids is 1. The van der Waals surface area contributed by atoms with E-state index in [9.17, 15) is 4.79 Å². The molecular weight excluding hydrogens is 254 g/mol. The fourth-order valence-electron chi connectivity index (χ4n) is 2.46. The van der Waals surface area contributed by atoms with Crippen LogP contribution in [0.1, 0.15) is 32.5 Å². The van der Waals surface area contributed by atoms with E-state index in [1.54, 1.807) is 6.92 Å². The SMILES string of the molecule is CCCc1nc(N)cc(N2CCCN(C(C)=O)CC2)n1. The Hall–Kier alpha value is -1.85. The van der Waals surface area contributed by atoms with Crippen LogP contribution in [0, 0.1) is 0 Å². The maximum absolute atomic E-state index is 11.4. The lowest BCUT2D eigenvalue weighted by molar-refractivity contribution is -0.128. The quantitative estimate of drug-likeness (QED) is 0.894. The predicted octanol–water partition coefficient (Wildman–Crippen LogP) is 1.07. The van der Waals surface area contributed by atoms with Crippen molar-refractivity contribution in [2.75, 3.05) is 36.8 Å². The molecule has 1 saturated heterocycles. The van der Waals surface area contributed by atoms with Gasteiger partial charge in [-0.25, -0.2) is 9.97 Å². The highest BCUT2D eigenvalue weighted by Gasteiger charge is 2.18. The Morgan fingerprint density at radius 3 is 2.80 bits per heavy atom. The van der Waals surface area contributed by atoms with Crippen molar-refractivity contribution in [3.05, 3.63) is 11.9 Å². The molecule has 2 rings (SSSR count). The van der Waals surface area contributed by atoms with Crippen LogP contribution >= 0.6 is 0 Å². The molecule has 0 unspecified atom stereocenters. The molecule has 0 aromatic carbocycles. The number of hydrogen-bond acceptors (Lipinski definition) is 5. The summed E-state index contributed by atoms with van der Waals surface area (Å²) in [5.41, 5.74) is 5.87. The van der Waals surface area contributed by atoms with Crippen molar-refractivity contribution in [3.8, 4) is 0 Å². The van der Waals surface area contributed by atoms with E-state index in [0.717, 1.165) is 57.1 Å². The molecule has 0 bridgehead atoms. The fourth-order valence-corrected chi connectivity index (χ4v) is 2.46. The number of nitrogen functional groups attached to an aromatic ring is 1. The summed E-state index contributed by atoms with van der Waals surface area (Å²) in [6.07, 6.45) is 2.79. The standard InChI is InChI=1S/C14H23N5O/c1-3-5-13-16-12(15)10-14(17-13)19-7-4-6-18(8-9-19)11(2)20/h10H,3-9H2,1-2H3,(H2,15,16,17). The zero-order chi connectivity index (χ0) is 14.5. The molecule has 6 heteroatoms. The van der Waals surface area contributed by atoms with Crippen molar-refractivity contribution in [2.24, 2.45) is 0 Å². The number of aromatic nitrogens is 2. The van der Waals surface area contributed by atoms with Gasteiger partial charge in [-0.15, -0.1) is 0 Å². The number of hydrogen-bond donors (Lipinski definition) is 1. The number of nitrogens with two attached hydrogens (primary N) is 1. The average Bonchev–Trinajstić information content (AvgIpc) is 2.64. The van der Waals surface area contributed by atoms with Gasteiger partial charge in [-0.2, -0.15) is 0 Å². The summed E-state index contributed by atoms with van der Waals surface area (Å²) in [6.45, 7) is 6.96. The van der Waals surface area contributed by atoms with E-state index in [0.29, 0.717) is 5.82 Å². The highest BCUT2D eigenvalue weighted by atomic mass is 16.2. The number of nitrogens with zero attached hydrogens (tertiary/aromatic N) is 4. The fraction of sp³-hybridized carbons (Fsp3) is 0.643. The summed E-state index contributed by atoms with van der Waals surface area (Å²) in [5.74, 6) is 2.34. The van der Waals surface area contributed by atoms with E-state index in [-0.39, 0.29) is 5.91 Å². The zero-order valence-corrected chi connectivity index (χ0v) is 12.3. The van der Waals surface area contributed by atoms with Crippen molar-refractivity contribution in [1.29, 1.82) is 0 Å². The number of rotatable bonds is 3. The Balaban J connectivity index is 2.12. The van der Waals surface area contributed by atoms with Gasteiger partial charge in [0.2, 0.25) is 5.91 Å². The molecule has 2 N–H and O–H groups in total. The molecule has 1 amide bonds. The summed E-state index contributed by atoms with van der Waals surface area (Å²) in [7, 11) is 0. The lowest BCUT2D eigenvalue weighted by Crippen LogP contribution is -2.34. The minimum absolute atomic E-state index is 0.140. The molecule has 0 aliphatic carbocycles. The largest absolute Gasteiger partial charge is 0.384 e. The van der Waals surface area contributed by atoms with Gasteiger partial charge >= 0.3 is 0 Å². The molecule has 0 saturated carbocycles. The normalized spacial score (nSPS) is 16.1. The molecule has 1 aromatic rings. The van der Waals surface area contributed by atoms with Crippen LogP contribution in [0.4, 0.5) is 11.6 Å². The van der Waals surface area contributed by atoms with Crippen molar-refractivity contribution in [2.45, 2.75) is 33.1 Å². The van der Waals surface area contributed by atoms with Gasteiger partial charge < -0.3 is 15.5 Å². The molecule has 20 heavy (non-hydrogen) atoms. The van der Waals surface area contributed by atoms with Gasteiger partial charge in [0.05, 0.1) is 0 Å². The minimum atomic E-state index is 0.140. The van der Waals surface area contributed by atoms with Crippen LogP contribution in [0.25, 0.3) is 0 Å². The summed E-state index contributed by atoms with van der Waals surface area (Å²) in [4.78, 5) is 24.4. The smallest absolute Gasteiger partial charge is 0.219 e. The van der Waals surface area contributed by atoms with Crippen LogP contribution in [-0.2, 0) is 11.2 Å². The van der Waals surface area contributed by atoms with Crippen molar-refractivity contribution >= 4 is 17.5 Å². The maximum atomic E-state index is 11.4. The lowest BCUT2D eigenvalue weighted by atomic mass is 10.3. The third-order valence-corrected chi connectivity index (χ3v) is 3.52. The van der Waals surface area contributed by atoms with Crippen LogP contribution < -0.4 is 10.6 Å². The number of carbonyl (C=O) groups is 1. The predicted molar refractivity (Wildman–Crippen MR) is 79.5 cm³/mol. The van der Waals surface area contributed by atoms with E-state index in [1.165, 1.54) is 0 Å². The number of anilines is 2. The summed E-state index contributed by atoms with van der Waals surface area (Å²) >= 11 is 0. The van der Waals surface area contributed by atoms with Crippen LogP contribution in [-0.4, -0.2) is 47.0 Å². The second-order valence-corrected chi connectivity index (χ2v) is 5.16.